The molecule has 1 aromatic carbocycles. The standard InChI is InChI=1S/C16H17ClN4O2/c17-16-19-5-4-13(20-16)12-3-1-2-11(8-12)10-21-7-6-18-9-14(21)15(22)23/h1-5,8,14,18H,6-7,9-10H2,(H,22,23). The minimum atomic E-state index is -0.795. The summed E-state index contributed by atoms with van der Waals surface area (Å²) >= 11 is 5.84. The van der Waals surface area contributed by atoms with Crippen molar-refractivity contribution >= 4 is 17.6 Å². The number of nitrogens with zero attached hydrogens (tertiary/aromatic N) is 3. The minimum absolute atomic E-state index is 0.209. The van der Waals surface area contributed by atoms with Gasteiger partial charge in [-0.3, -0.25) is 9.69 Å². The second-order valence-electron chi connectivity index (χ2n) is 5.44. The number of nitrogens with one attached hydrogen (secondary N) is 1. The number of carboxylic acids is 1. The molecule has 0 saturated carbocycles. The van der Waals surface area contributed by atoms with Crippen molar-refractivity contribution in [3.05, 3.63) is 47.4 Å². The van der Waals surface area contributed by atoms with Crippen LogP contribution in [0.4, 0.5) is 0 Å². The Kier molecular flexibility index (Phi) is 4.85. The van der Waals surface area contributed by atoms with Gasteiger partial charge in [-0.1, -0.05) is 18.2 Å². The summed E-state index contributed by atoms with van der Waals surface area (Å²) in [5.41, 5.74) is 2.74. The monoisotopic (exact) mass is 332 g/mol. The Bertz CT molecular complexity index is 710. The van der Waals surface area contributed by atoms with Crippen LogP contribution in [0.2, 0.25) is 5.28 Å². The predicted octanol–water partition coefficient (Wildman–Crippen LogP) is 1.66. The molecule has 2 heterocycles. The maximum Gasteiger partial charge on any atom is 0.322 e. The Morgan fingerprint density at radius 2 is 2.30 bits per heavy atom. The fourth-order valence-corrected chi connectivity index (χ4v) is 2.89. The van der Waals surface area contributed by atoms with E-state index in [1.807, 2.05) is 29.2 Å². The van der Waals surface area contributed by atoms with E-state index in [-0.39, 0.29) is 5.28 Å². The zero-order valence-corrected chi connectivity index (χ0v) is 13.2. The van der Waals surface area contributed by atoms with E-state index in [0.29, 0.717) is 19.6 Å². The summed E-state index contributed by atoms with van der Waals surface area (Å²) in [6.07, 6.45) is 1.62. The summed E-state index contributed by atoms with van der Waals surface area (Å²) in [5.74, 6) is -0.795. The molecule has 1 unspecified atom stereocenters. The average molecular weight is 333 g/mol. The van der Waals surface area contributed by atoms with Crippen LogP contribution in [0, 0.1) is 0 Å². The predicted molar refractivity (Wildman–Crippen MR) is 87.2 cm³/mol. The second-order valence-corrected chi connectivity index (χ2v) is 5.78. The van der Waals surface area contributed by atoms with Gasteiger partial charge in [0, 0.05) is 37.9 Å². The van der Waals surface area contributed by atoms with E-state index >= 15 is 0 Å². The lowest BCUT2D eigenvalue weighted by Gasteiger charge is -2.33. The van der Waals surface area contributed by atoms with Crippen molar-refractivity contribution in [2.24, 2.45) is 0 Å². The fourth-order valence-electron chi connectivity index (χ4n) is 2.74. The number of hydrogen-bond donors (Lipinski definition) is 2. The molecular weight excluding hydrogens is 316 g/mol. The summed E-state index contributed by atoms with van der Waals surface area (Å²) in [5, 5.41) is 12.7. The normalized spacial score (nSPS) is 18.7. The molecule has 6 nitrogen and oxygen atoms in total. The first-order valence-corrected chi connectivity index (χ1v) is 7.77. The summed E-state index contributed by atoms with van der Waals surface area (Å²) < 4.78 is 0. The molecule has 1 atom stereocenters. The van der Waals surface area contributed by atoms with Crippen LogP contribution in [0.5, 0.6) is 0 Å². The number of benzene rings is 1. The molecule has 0 bridgehead atoms. The van der Waals surface area contributed by atoms with Gasteiger partial charge in [-0.2, -0.15) is 0 Å². The molecule has 7 heteroatoms. The topological polar surface area (TPSA) is 78.4 Å². The van der Waals surface area contributed by atoms with Crippen molar-refractivity contribution in [3.8, 4) is 11.3 Å². The van der Waals surface area contributed by atoms with Crippen LogP contribution in [-0.2, 0) is 11.3 Å². The third-order valence-electron chi connectivity index (χ3n) is 3.87. The van der Waals surface area contributed by atoms with Gasteiger partial charge in [0.15, 0.2) is 0 Å². The summed E-state index contributed by atoms with van der Waals surface area (Å²) in [6, 6.07) is 9.21. The van der Waals surface area contributed by atoms with Crippen LogP contribution >= 0.6 is 11.6 Å². The molecule has 2 aromatic rings. The summed E-state index contributed by atoms with van der Waals surface area (Å²) in [6.45, 7) is 2.56. The van der Waals surface area contributed by atoms with Crippen LogP contribution < -0.4 is 5.32 Å². The van der Waals surface area contributed by atoms with Crippen LogP contribution in [0.1, 0.15) is 5.56 Å². The lowest BCUT2D eigenvalue weighted by atomic mass is 10.1. The highest BCUT2D eigenvalue weighted by Crippen LogP contribution is 2.20. The summed E-state index contributed by atoms with van der Waals surface area (Å²) in [4.78, 5) is 21.4. The van der Waals surface area contributed by atoms with Gasteiger partial charge in [0.25, 0.3) is 0 Å². The van der Waals surface area contributed by atoms with Gasteiger partial charge in [-0.05, 0) is 29.3 Å². The van der Waals surface area contributed by atoms with E-state index in [4.69, 9.17) is 11.6 Å². The Balaban J connectivity index is 1.81. The molecule has 0 amide bonds. The zero-order chi connectivity index (χ0) is 16.2. The quantitative estimate of drug-likeness (QED) is 0.829. The van der Waals surface area contributed by atoms with Crippen molar-refractivity contribution in [3.63, 3.8) is 0 Å². The van der Waals surface area contributed by atoms with E-state index in [2.05, 4.69) is 15.3 Å². The molecule has 2 N–H and O–H groups in total. The van der Waals surface area contributed by atoms with E-state index < -0.39 is 12.0 Å². The molecule has 0 radical (unpaired) electrons. The van der Waals surface area contributed by atoms with Gasteiger partial charge in [-0.15, -0.1) is 0 Å². The average Bonchev–Trinajstić information content (AvgIpc) is 2.55. The molecule has 1 aliphatic heterocycles. The number of rotatable bonds is 4. The highest BCUT2D eigenvalue weighted by molar-refractivity contribution is 6.28. The van der Waals surface area contributed by atoms with Crippen molar-refractivity contribution in [1.29, 1.82) is 0 Å². The molecular formula is C16H17ClN4O2. The van der Waals surface area contributed by atoms with E-state index in [1.54, 1.807) is 12.3 Å². The molecule has 1 aromatic heterocycles. The van der Waals surface area contributed by atoms with Gasteiger partial charge in [0.05, 0.1) is 5.69 Å². The van der Waals surface area contributed by atoms with Gasteiger partial charge in [0.2, 0.25) is 5.28 Å². The number of carboxylic acid groups (broad SMARTS) is 1. The Labute approximate surface area is 139 Å². The smallest absolute Gasteiger partial charge is 0.322 e. The highest BCUT2D eigenvalue weighted by Gasteiger charge is 2.28. The minimum Gasteiger partial charge on any atom is -0.480 e. The van der Waals surface area contributed by atoms with E-state index in [1.165, 1.54) is 0 Å². The van der Waals surface area contributed by atoms with Crippen LogP contribution in [-0.4, -0.2) is 51.6 Å². The molecule has 23 heavy (non-hydrogen) atoms. The summed E-state index contributed by atoms with van der Waals surface area (Å²) in [7, 11) is 0. The maximum absolute atomic E-state index is 11.4. The molecule has 0 spiro atoms. The number of aliphatic carboxylic acids is 1. The molecule has 1 fully saturated rings. The first-order valence-electron chi connectivity index (χ1n) is 7.39. The Morgan fingerprint density at radius 3 is 3.09 bits per heavy atom. The van der Waals surface area contributed by atoms with Gasteiger partial charge >= 0.3 is 5.97 Å². The molecule has 3 rings (SSSR count). The third kappa shape index (κ3) is 3.85. The fraction of sp³-hybridized carbons (Fsp3) is 0.312. The molecule has 0 aliphatic carbocycles. The van der Waals surface area contributed by atoms with Gasteiger partial charge < -0.3 is 10.4 Å². The molecule has 1 aliphatic rings. The number of aromatic nitrogens is 2. The Morgan fingerprint density at radius 1 is 1.43 bits per heavy atom. The van der Waals surface area contributed by atoms with Crippen LogP contribution in [0.15, 0.2) is 36.5 Å². The number of piperazine rings is 1. The van der Waals surface area contributed by atoms with E-state index in [9.17, 15) is 9.90 Å². The first kappa shape index (κ1) is 15.9. The zero-order valence-electron chi connectivity index (χ0n) is 12.4. The molecule has 1 saturated heterocycles. The first-order chi connectivity index (χ1) is 11.1. The number of hydrogen-bond acceptors (Lipinski definition) is 5. The lowest BCUT2D eigenvalue weighted by Crippen LogP contribution is -2.54. The van der Waals surface area contributed by atoms with Gasteiger partial charge in [0.1, 0.15) is 6.04 Å². The highest BCUT2D eigenvalue weighted by atomic mass is 35.5. The Hall–Kier alpha value is -2.02. The van der Waals surface area contributed by atoms with Crippen molar-refractivity contribution in [2.75, 3.05) is 19.6 Å². The number of halogens is 1. The van der Waals surface area contributed by atoms with Crippen molar-refractivity contribution in [2.45, 2.75) is 12.6 Å². The number of carbonyl (C=O) groups is 1. The third-order valence-corrected chi connectivity index (χ3v) is 4.06. The molecule has 120 valence electrons. The van der Waals surface area contributed by atoms with E-state index in [0.717, 1.165) is 23.4 Å². The van der Waals surface area contributed by atoms with Gasteiger partial charge in [-0.25, -0.2) is 9.97 Å². The maximum atomic E-state index is 11.4. The van der Waals surface area contributed by atoms with Crippen LogP contribution in [0.25, 0.3) is 11.3 Å². The van der Waals surface area contributed by atoms with Crippen molar-refractivity contribution in [1.82, 2.24) is 20.2 Å². The largest absolute Gasteiger partial charge is 0.480 e. The second kappa shape index (κ2) is 7.04. The van der Waals surface area contributed by atoms with Crippen molar-refractivity contribution < 1.29 is 9.90 Å². The SMILES string of the molecule is O=C(O)C1CNCCN1Cc1cccc(-c2ccnc(Cl)n2)c1. The van der Waals surface area contributed by atoms with Crippen LogP contribution in [0.3, 0.4) is 0 Å². The lowest BCUT2D eigenvalue weighted by molar-refractivity contribution is -0.144.